The van der Waals surface area contributed by atoms with Gasteiger partial charge in [-0.25, -0.2) is 4.79 Å². The number of ether oxygens (including phenoxy) is 1. The second kappa shape index (κ2) is 10.5. The first-order chi connectivity index (χ1) is 16.1. The van der Waals surface area contributed by atoms with Crippen molar-refractivity contribution in [2.75, 3.05) is 6.61 Å². The van der Waals surface area contributed by atoms with Gasteiger partial charge >= 0.3 is 5.97 Å². The highest BCUT2D eigenvalue weighted by Gasteiger charge is 2.35. The summed E-state index contributed by atoms with van der Waals surface area (Å²) in [5, 5.41) is 9.09. The Hall–Kier alpha value is -3.44. The van der Waals surface area contributed by atoms with Crippen molar-refractivity contribution in [2.45, 2.75) is 37.5 Å². The first-order valence-corrected chi connectivity index (χ1v) is 11.4. The summed E-state index contributed by atoms with van der Waals surface area (Å²) in [5.74, 6) is -0.951. The summed E-state index contributed by atoms with van der Waals surface area (Å²) in [6, 6.07) is 26.0. The highest BCUT2D eigenvalue weighted by Crippen LogP contribution is 2.44. The molecule has 2 atom stereocenters. The molecule has 0 saturated heterocycles. The van der Waals surface area contributed by atoms with Crippen molar-refractivity contribution in [1.82, 2.24) is 0 Å². The molecule has 0 saturated carbocycles. The molecule has 0 fully saturated rings. The predicted molar refractivity (Wildman–Crippen MR) is 127 cm³/mol. The average Bonchev–Trinajstić information content (AvgIpc) is 2.85. The minimum Gasteiger partial charge on any atom is -0.425 e. The molecule has 1 amide bonds. The van der Waals surface area contributed by atoms with Crippen LogP contribution in [-0.2, 0) is 16.0 Å². The van der Waals surface area contributed by atoms with Gasteiger partial charge in [0, 0.05) is 11.8 Å². The molecule has 33 heavy (non-hydrogen) atoms. The minimum atomic E-state index is -0.690. The number of benzene rings is 3. The quantitative estimate of drug-likeness (QED) is 0.401. The van der Waals surface area contributed by atoms with E-state index in [2.05, 4.69) is 24.3 Å². The van der Waals surface area contributed by atoms with Crippen LogP contribution in [0.1, 0.15) is 53.4 Å². The number of primary amides is 1. The maximum atomic E-state index is 12.8. The Kier molecular flexibility index (Phi) is 7.20. The van der Waals surface area contributed by atoms with E-state index in [1.165, 1.54) is 0 Å². The molecule has 1 aliphatic carbocycles. The van der Waals surface area contributed by atoms with Gasteiger partial charge in [-0.2, -0.15) is 0 Å². The van der Waals surface area contributed by atoms with E-state index in [1.54, 1.807) is 6.07 Å². The van der Waals surface area contributed by atoms with Crippen molar-refractivity contribution >= 4 is 11.9 Å². The molecule has 2 unspecified atom stereocenters. The van der Waals surface area contributed by atoms with Gasteiger partial charge in [-0.1, -0.05) is 72.8 Å². The Labute approximate surface area is 194 Å². The van der Waals surface area contributed by atoms with Crippen LogP contribution in [0.15, 0.2) is 78.9 Å². The first kappa shape index (κ1) is 22.7. The number of aliphatic hydroxyl groups excluding tert-OH is 1. The number of fused-ring (bicyclic) bond motifs is 1. The Morgan fingerprint density at radius 2 is 1.58 bits per heavy atom. The molecular weight excluding hydrogens is 414 g/mol. The van der Waals surface area contributed by atoms with Gasteiger partial charge in [0.25, 0.3) is 0 Å². The van der Waals surface area contributed by atoms with Crippen LogP contribution in [-0.4, -0.2) is 23.6 Å². The lowest BCUT2D eigenvalue weighted by Crippen LogP contribution is -2.32. The number of rotatable bonds is 8. The van der Waals surface area contributed by atoms with Crippen LogP contribution in [0, 0.1) is 5.92 Å². The number of amides is 1. The average molecular weight is 444 g/mol. The molecule has 0 radical (unpaired) electrons. The third-order valence-electron chi connectivity index (χ3n) is 6.61. The van der Waals surface area contributed by atoms with Crippen molar-refractivity contribution in [2.24, 2.45) is 11.7 Å². The Morgan fingerprint density at radius 3 is 2.15 bits per heavy atom. The van der Waals surface area contributed by atoms with E-state index in [1.807, 2.05) is 48.5 Å². The molecule has 4 rings (SSSR count). The molecule has 3 N–H and O–H groups in total. The van der Waals surface area contributed by atoms with Gasteiger partial charge in [0.1, 0.15) is 12.4 Å². The van der Waals surface area contributed by atoms with E-state index in [4.69, 9.17) is 15.6 Å². The van der Waals surface area contributed by atoms with Crippen LogP contribution < -0.4 is 10.5 Å². The summed E-state index contributed by atoms with van der Waals surface area (Å²) < 4.78 is 5.37. The van der Waals surface area contributed by atoms with Crippen LogP contribution in [0.2, 0.25) is 0 Å². The zero-order valence-electron chi connectivity index (χ0n) is 18.5. The normalized spacial score (nSPS) is 16.1. The Morgan fingerprint density at radius 1 is 0.939 bits per heavy atom. The van der Waals surface area contributed by atoms with Crippen molar-refractivity contribution < 1.29 is 19.4 Å². The van der Waals surface area contributed by atoms with Crippen LogP contribution in [0.3, 0.4) is 0 Å². The molecule has 5 nitrogen and oxygen atoms in total. The largest absolute Gasteiger partial charge is 0.425 e. The molecule has 3 aromatic carbocycles. The Bertz CT molecular complexity index is 1060. The molecule has 0 heterocycles. The van der Waals surface area contributed by atoms with E-state index < -0.39 is 12.6 Å². The van der Waals surface area contributed by atoms with E-state index >= 15 is 0 Å². The van der Waals surface area contributed by atoms with Gasteiger partial charge in [0.05, 0.1) is 0 Å². The van der Waals surface area contributed by atoms with Gasteiger partial charge in [-0.15, -0.1) is 0 Å². The van der Waals surface area contributed by atoms with E-state index in [-0.39, 0.29) is 23.7 Å². The highest BCUT2D eigenvalue weighted by atomic mass is 16.5. The van der Waals surface area contributed by atoms with Gasteiger partial charge in [-0.3, -0.25) is 4.79 Å². The minimum absolute atomic E-state index is 0.0330. The molecule has 0 aliphatic heterocycles. The number of aliphatic hydroxyl groups is 1. The lowest BCUT2D eigenvalue weighted by molar-refractivity contribution is -0.137. The molecule has 0 aromatic heterocycles. The second-order valence-electron chi connectivity index (χ2n) is 8.57. The van der Waals surface area contributed by atoms with Crippen molar-refractivity contribution in [3.8, 4) is 5.75 Å². The number of esters is 1. The van der Waals surface area contributed by atoms with Gasteiger partial charge < -0.3 is 15.6 Å². The molecule has 5 heteroatoms. The lowest BCUT2D eigenvalue weighted by atomic mass is 9.71. The third-order valence-corrected chi connectivity index (χ3v) is 6.61. The fourth-order valence-electron chi connectivity index (χ4n) is 5.09. The predicted octanol–water partition coefficient (Wildman–Crippen LogP) is 4.33. The van der Waals surface area contributed by atoms with E-state index in [0.717, 1.165) is 41.5 Å². The van der Waals surface area contributed by atoms with Crippen LogP contribution >= 0.6 is 0 Å². The Balaban J connectivity index is 1.70. The van der Waals surface area contributed by atoms with Crippen LogP contribution in [0.4, 0.5) is 0 Å². The van der Waals surface area contributed by atoms with Crippen molar-refractivity contribution in [1.29, 1.82) is 0 Å². The molecule has 170 valence electrons. The zero-order chi connectivity index (χ0) is 23.2. The zero-order valence-corrected chi connectivity index (χ0v) is 18.5. The van der Waals surface area contributed by atoms with Gasteiger partial charge in [0.2, 0.25) is 5.91 Å². The molecule has 0 spiro atoms. The fraction of sp³-hybridized carbons (Fsp3) is 0.286. The highest BCUT2D eigenvalue weighted by molar-refractivity contribution is 5.78. The molecular formula is C28H29NO4. The number of carbonyl (C=O) groups is 2. The van der Waals surface area contributed by atoms with E-state index in [0.29, 0.717) is 12.2 Å². The number of nitrogens with two attached hydrogens (primary N) is 1. The summed E-state index contributed by atoms with van der Waals surface area (Å²) >= 11 is 0. The first-order valence-electron chi connectivity index (χ1n) is 11.4. The fourth-order valence-corrected chi connectivity index (χ4v) is 5.09. The lowest BCUT2D eigenvalue weighted by Gasteiger charge is -2.33. The number of hydrogen-bond acceptors (Lipinski definition) is 4. The van der Waals surface area contributed by atoms with E-state index in [9.17, 15) is 9.59 Å². The third kappa shape index (κ3) is 5.15. The number of carbonyl (C=O) groups excluding carboxylic acids is 2. The topological polar surface area (TPSA) is 89.6 Å². The summed E-state index contributed by atoms with van der Waals surface area (Å²) in [6.45, 7) is -0.674. The summed E-state index contributed by atoms with van der Waals surface area (Å²) in [5.41, 5.74) is 10.2. The SMILES string of the molecule is NC(=O)C(CC(c1ccccc1)c1ccccc1)C1CCCc2c(OC(=O)CO)cccc21. The maximum Gasteiger partial charge on any atom is 0.337 e. The smallest absolute Gasteiger partial charge is 0.337 e. The molecule has 0 bridgehead atoms. The maximum absolute atomic E-state index is 12.8. The molecule has 1 aliphatic rings. The van der Waals surface area contributed by atoms with Crippen molar-refractivity contribution in [3.63, 3.8) is 0 Å². The van der Waals surface area contributed by atoms with Crippen LogP contribution in [0.25, 0.3) is 0 Å². The van der Waals surface area contributed by atoms with Gasteiger partial charge in [0.15, 0.2) is 0 Å². The second-order valence-corrected chi connectivity index (χ2v) is 8.57. The monoisotopic (exact) mass is 443 g/mol. The standard InChI is InChI=1S/C28H29NO4/c29-28(32)25(17-24(19-9-3-1-4-10-19)20-11-5-2-6-12-20)22-13-7-15-23-21(22)14-8-16-26(23)33-27(31)18-30/h1-6,8-12,14,16,22,24-25,30H,7,13,15,17-18H2,(H2,29,32). The summed E-state index contributed by atoms with van der Waals surface area (Å²) in [4.78, 5) is 24.5. The summed E-state index contributed by atoms with van der Waals surface area (Å²) in [7, 11) is 0. The summed E-state index contributed by atoms with van der Waals surface area (Å²) in [6.07, 6.45) is 3.06. The van der Waals surface area contributed by atoms with Crippen LogP contribution in [0.5, 0.6) is 5.75 Å². The van der Waals surface area contributed by atoms with Crippen molar-refractivity contribution in [3.05, 3.63) is 101 Å². The number of hydrogen-bond donors (Lipinski definition) is 2. The molecule has 3 aromatic rings. The van der Waals surface area contributed by atoms with Gasteiger partial charge in [-0.05, 0) is 59.9 Å².